The average Bonchev–Trinajstić information content (AvgIpc) is 2.41. The van der Waals surface area contributed by atoms with Crippen LogP contribution >= 0.6 is 27.7 Å². The van der Waals surface area contributed by atoms with E-state index in [0.29, 0.717) is 5.92 Å². The summed E-state index contributed by atoms with van der Waals surface area (Å²) in [6.07, 6.45) is 0. The van der Waals surface area contributed by atoms with Crippen LogP contribution in [0.1, 0.15) is 25.0 Å². The number of benzene rings is 2. The van der Waals surface area contributed by atoms with Crippen LogP contribution in [0.4, 0.5) is 0 Å². The van der Waals surface area contributed by atoms with Gasteiger partial charge in [0.05, 0.1) is 0 Å². The van der Waals surface area contributed by atoms with Crippen LogP contribution in [0.3, 0.4) is 0 Å². The highest BCUT2D eigenvalue weighted by molar-refractivity contribution is 9.10. The summed E-state index contributed by atoms with van der Waals surface area (Å²) in [5, 5.41) is 3.48. The highest BCUT2D eigenvalue weighted by Crippen LogP contribution is 2.34. The molecule has 0 saturated heterocycles. The summed E-state index contributed by atoms with van der Waals surface area (Å²) in [7, 11) is 0. The third-order valence-corrected chi connectivity index (χ3v) is 5.08. The van der Waals surface area contributed by atoms with Gasteiger partial charge in [0.15, 0.2) is 0 Å². The lowest BCUT2D eigenvalue weighted by Crippen LogP contribution is -2.18. The maximum absolute atomic E-state index is 3.70. The first-order chi connectivity index (χ1) is 10.0. The number of rotatable bonds is 6. The van der Waals surface area contributed by atoms with Gasteiger partial charge in [0.25, 0.3) is 0 Å². The smallest absolute Gasteiger partial charge is 0.0318 e. The molecule has 0 saturated carbocycles. The van der Waals surface area contributed by atoms with Crippen LogP contribution in [-0.2, 0) is 6.54 Å². The van der Waals surface area contributed by atoms with Crippen LogP contribution in [-0.4, -0.2) is 6.54 Å². The summed E-state index contributed by atoms with van der Waals surface area (Å²) in [5.41, 5.74) is 2.61. The molecule has 1 nitrogen and oxygen atoms in total. The van der Waals surface area contributed by atoms with E-state index < -0.39 is 0 Å². The zero-order valence-electron chi connectivity index (χ0n) is 12.8. The average molecular weight is 364 g/mol. The van der Waals surface area contributed by atoms with Crippen molar-refractivity contribution in [2.45, 2.75) is 37.1 Å². The monoisotopic (exact) mass is 363 g/mol. The first kappa shape index (κ1) is 16.6. The van der Waals surface area contributed by atoms with Crippen LogP contribution in [0.2, 0.25) is 0 Å². The predicted octanol–water partition coefficient (Wildman–Crippen LogP) is 5.65. The van der Waals surface area contributed by atoms with Gasteiger partial charge in [-0.2, -0.15) is 0 Å². The fraction of sp³-hybridized carbons (Fsp3) is 0.333. The molecule has 0 aliphatic carbocycles. The van der Waals surface area contributed by atoms with Crippen molar-refractivity contribution in [3.8, 4) is 0 Å². The van der Waals surface area contributed by atoms with E-state index in [9.17, 15) is 0 Å². The van der Waals surface area contributed by atoms with Crippen LogP contribution in [0, 0.1) is 12.8 Å². The molecule has 0 spiro atoms. The van der Waals surface area contributed by atoms with Gasteiger partial charge in [-0.25, -0.2) is 0 Å². The normalized spacial score (nSPS) is 11.1. The Morgan fingerprint density at radius 3 is 2.62 bits per heavy atom. The van der Waals surface area contributed by atoms with Gasteiger partial charge in [0, 0.05) is 20.8 Å². The number of hydrogen-bond donors (Lipinski definition) is 1. The lowest BCUT2D eigenvalue weighted by atomic mass is 10.2. The molecule has 3 heteroatoms. The second kappa shape index (κ2) is 8.02. The molecule has 0 fully saturated rings. The maximum atomic E-state index is 3.70. The SMILES string of the molecule is Cc1cccc(Sc2ccc(CNCC(C)C)cc2Br)c1. The molecule has 0 unspecified atom stereocenters. The third-order valence-electron chi connectivity index (χ3n) is 3.10. The van der Waals surface area contributed by atoms with Crippen molar-refractivity contribution in [2.24, 2.45) is 5.92 Å². The summed E-state index contributed by atoms with van der Waals surface area (Å²) in [6.45, 7) is 8.56. The van der Waals surface area contributed by atoms with Crippen molar-refractivity contribution in [3.63, 3.8) is 0 Å². The summed E-state index contributed by atoms with van der Waals surface area (Å²) in [5.74, 6) is 0.685. The van der Waals surface area contributed by atoms with Crippen molar-refractivity contribution >= 4 is 27.7 Å². The number of nitrogens with one attached hydrogen (secondary N) is 1. The zero-order valence-corrected chi connectivity index (χ0v) is 15.2. The highest BCUT2D eigenvalue weighted by Gasteiger charge is 2.04. The number of hydrogen-bond acceptors (Lipinski definition) is 2. The van der Waals surface area contributed by atoms with Crippen molar-refractivity contribution in [2.75, 3.05) is 6.54 Å². The highest BCUT2D eigenvalue weighted by atomic mass is 79.9. The minimum atomic E-state index is 0.685. The minimum absolute atomic E-state index is 0.685. The molecule has 0 aliphatic heterocycles. The lowest BCUT2D eigenvalue weighted by Gasteiger charge is -2.10. The molecule has 0 bridgehead atoms. The molecule has 21 heavy (non-hydrogen) atoms. The van der Waals surface area contributed by atoms with Gasteiger partial charge in [-0.3, -0.25) is 0 Å². The van der Waals surface area contributed by atoms with Crippen LogP contribution in [0.25, 0.3) is 0 Å². The third kappa shape index (κ3) is 5.50. The van der Waals surface area contributed by atoms with E-state index in [2.05, 4.69) is 84.5 Å². The first-order valence-corrected chi connectivity index (χ1v) is 8.89. The molecule has 0 aromatic heterocycles. The Morgan fingerprint density at radius 2 is 1.95 bits per heavy atom. The molecule has 2 aromatic carbocycles. The van der Waals surface area contributed by atoms with Gasteiger partial charge in [-0.15, -0.1) is 0 Å². The summed E-state index contributed by atoms with van der Waals surface area (Å²) in [6, 6.07) is 15.2. The molecule has 0 amide bonds. The maximum Gasteiger partial charge on any atom is 0.0318 e. The molecular formula is C18H22BrNS. The fourth-order valence-electron chi connectivity index (χ4n) is 2.05. The van der Waals surface area contributed by atoms with E-state index in [1.807, 2.05) is 0 Å². The van der Waals surface area contributed by atoms with E-state index in [4.69, 9.17) is 0 Å². The minimum Gasteiger partial charge on any atom is -0.312 e. The fourth-order valence-corrected chi connectivity index (χ4v) is 3.65. The molecule has 0 heterocycles. The number of halogens is 1. The Hall–Kier alpha value is -0.770. The van der Waals surface area contributed by atoms with E-state index >= 15 is 0 Å². The van der Waals surface area contributed by atoms with Crippen molar-refractivity contribution in [1.82, 2.24) is 5.32 Å². The molecule has 112 valence electrons. The molecule has 0 radical (unpaired) electrons. The molecule has 0 aliphatic rings. The topological polar surface area (TPSA) is 12.0 Å². The van der Waals surface area contributed by atoms with Crippen molar-refractivity contribution in [1.29, 1.82) is 0 Å². The molecule has 0 atom stereocenters. The van der Waals surface area contributed by atoms with Gasteiger partial charge >= 0.3 is 0 Å². The molecule has 1 N–H and O–H groups in total. The van der Waals surface area contributed by atoms with Crippen LogP contribution in [0.15, 0.2) is 56.7 Å². The van der Waals surface area contributed by atoms with Gasteiger partial charge in [-0.1, -0.05) is 49.4 Å². The Bertz CT molecular complexity index is 596. The largest absolute Gasteiger partial charge is 0.312 e. The molecule has 2 rings (SSSR count). The van der Waals surface area contributed by atoms with Gasteiger partial charge in [-0.05, 0) is 65.1 Å². The lowest BCUT2D eigenvalue weighted by molar-refractivity contribution is 0.552. The summed E-state index contributed by atoms with van der Waals surface area (Å²) < 4.78 is 1.16. The van der Waals surface area contributed by atoms with Gasteiger partial charge in [0.1, 0.15) is 0 Å². The quantitative estimate of drug-likeness (QED) is 0.710. The Balaban J connectivity index is 2.02. The van der Waals surface area contributed by atoms with Crippen LogP contribution in [0.5, 0.6) is 0 Å². The van der Waals surface area contributed by atoms with Crippen molar-refractivity contribution < 1.29 is 0 Å². The van der Waals surface area contributed by atoms with E-state index in [1.54, 1.807) is 11.8 Å². The second-order valence-corrected chi connectivity index (χ2v) is 7.68. The summed E-state index contributed by atoms with van der Waals surface area (Å²) in [4.78, 5) is 2.54. The van der Waals surface area contributed by atoms with E-state index in [-0.39, 0.29) is 0 Å². The first-order valence-electron chi connectivity index (χ1n) is 7.28. The van der Waals surface area contributed by atoms with Gasteiger partial charge in [0.2, 0.25) is 0 Å². The number of aryl methyl sites for hydroxylation is 1. The predicted molar refractivity (Wildman–Crippen MR) is 96.0 cm³/mol. The van der Waals surface area contributed by atoms with E-state index in [1.165, 1.54) is 20.9 Å². The Morgan fingerprint density at radius 1 is 1.14 bits per heavy atom. The molecular weight excluding hydrogens is 342 g/mol. The van der Waals surface area contributed by atoms with Gasteiger partial charge < -0.3 is 5.32 Å². The van der Waals surface area contributed by atoms with E-state index in [0.717, 1.165) is 17.6 Å². The Kier molecular flexibility index (Phi) is 6.34. The molecule has 2 aromatic rings. The Labute approximate surface area is 140 Å². The standard InChI is InChI=1S/C18H22BrNS/c1-13(2)11-20-12-15-7-8-18(17(19)10-15)21-16-6-4-5-14(3)9-16/h4-10,13,20H,11-12H2,1-3H3. The second-order valence-electron chi connectivity index (χ2n) is 5.71. The van der Waals surface area contributed by atoms with Crippen LogP contribution < -0.4 is 5.32 Å². The summed E-state index contributed by atoms with van der Waals surface area (Å²) >= 11 is 5.49. The van der Waals surface area contributed by atoms with Crippen molar-refractivity contribution in [3.05, 3.63) is 58.1 Å². The zero-order chi connectivity index (χ0) is 15.2.